The second-order valence-electron chi connectivity index (χ2n) is 3.66. The summed E-state index contributed by atoms with van der Waals surface area (Å²) in [5.74, 6) is 0.490. The van der Waals surface area contributed by atoms with E-state index in [1.807, 2.05) is 13.8 Å². The van der Waals surface area contributed by atoms with Crippen molar-refractivity contribution in [2.24, 2.45) is 0 Å². The Kier molecular flexibility index (Phi) is 3.34. The smallest absolute Gasteiger partial charge is 0.243 e. The van der Waals surface area contributed by atoms with Gasteiger partial charge in [0.05, 0.1) is 0 Å². The van der Waals surface area contributed by atoms with Crippen LogP contribution in [-0.4, -0.2) is 8.32 Å². The van der Waals surface area contributed by atoms with Crippen LogP contribution < -0.4 is 0 Å². The maximum atomic E-state index is 8.65. The average molecular weight is 169 g/mol. The molecule has 0 atom stereocenters. The van der Waals surface area contributed by atoms with Gasteiger partial charge in [-0.2, -0.15) is 5.26 Å². The molecule has 0 aliphatic heterocycles. The number of hydrogen-bond donors (Lipinski definition) is 0. The Morgan fingerprint density at radius 3 is 1.82 bits per heavy atom. The zero-order valence-corrected chi connectivity index (χ0v) is 8.86. The van der Waals surface area contributed by atoms with E-state index in [4.69, 9.17) is 9.69 Å². The van der Waals surface area contributed by atoms with Crippen LogP contribution in [0.1, 0.15) is 13.8 Å². The van der Waals surface area contributed by atoms with Crippen molar-refractivity contribution in [3.63, 3.8) is 0 Å². The van der Waals surface area contributed by atoms with Gasteiger partial charge >= 0.3 is 0 Å². The molecule has 3 heteroatoms. The normalized spacial score (nSPS) is 10.2. The SMILES string of the molecule is CC(C)=C(C#N)O[Si](C)(C)C. The van der Waals surface area contributed by atoms with E-state index in [0.717, 1.165) is 5.57 Å². The summed E-state index contributed by atoms with van der Waals surface area (Å²) in [5, 5.41) is 8.65. The molecule has 0 aromatic rings. The summed E-state index contributed by atoms with van der Waals surface area (Å²) in [7, 11) is -1.58. The van der Waals surface area contributed by atoms with Crippen molar-refractivity contribution in [1.29, 1.82) is 5.26 Å². The minimum Gasteiger partial charge on any atom is -0.537 e. The van der Waals surface area contributed by atoms with Crippen LogP contribution in [0, 0.1) is 11.3 Å². The number of hydrogen-bond acceptors (Lipinski definition) is 2. The molecule has 0 spiro atoms. The fraction of sp³-hybridized carbons (Fsp3) is 0.625. The molecule has 62 valence electrons. The van der Waals surface area contributed by atoms with Crippen molar-refractivity contribution in [3.05, 3.63) is 11.3 Å². The quantitative estimate of drug-likeness (QED) is 0.362. The van der Waals surface area contributed by atoms with Crippen molar-refractivity contribution in [1.82, 2.24) is 0 Å². The van der Waals surface area contributed by atoms with Gasteiger partial charge in [-0.3, -0.25) is 0 Å². The third-order valence-electron chi connectivity index (χ3n) is 0.964. The maximum absolute atomic E-state index is 8.65. The van der Waals surface area contributed by atoms with Crippen LogP contribution >= 0.6 is 0 Å². The summed E-state index contributed by atoms with van der Waals surface area (Å²) in [6.45, 7) is 9.96. The van der Waals surface area contributed by atoms with Crippen LogP contribution in [0.2, 0.25) is 19.6 Å². The molecule has 0 fully saturated rings. The van der Waals surface area contributed by atoms with Gasteiger partial charge in [0.15, 0.2) is 5.76 Å². The molecule has 0 bridgehead atoms. The molecule has 0 aliphatic rings. The zero-order chi connectivity index (χ0) is 9.07. The lowest BCUT2D eigenvalue weighted by Gasteiger charge is -2.18. The number of allylic oxidation sites excluding steroid dienone is 2. The minimum atomic E-state index is -1.58. The third kappa shape index (κ3) is 4.63. The molecule has 0 saturated carbocycles. The molecule has 0 aliphatic carbocycles. The van der Waals surface area contributed by atoms with Gasteiger partial charge < -0.3 is 4.43 Å². The fourth-order valence-corrected chi connectivity index (χ4v) is 1.41. The first-order valence-electron chi connectivity index (χ1n) is 3.63. The summed E-state index contributed by atoms with van der Waals surface area (Å²) < 4.78 is 5.51. The summed E-state index contributed by atoms with van der Waals surface area (Å²) >= 11 is 0. The Hall–Kier alpha value is -0.753. The largest absolute Gasteiger partial charge is 0.537 e. The molecule has 0 amide bonds. The molecular weight excluding hydrogens is 154 g/mol. The molecule has 0 saturated heterocycles. The van der Waals surface area contributed by atoms with Crippen molar-refractivity contribution >= 4 is 8.32 Å². The van der Waals surface area contributed by atoms with Gasteiger partial charge in [-0.15, -0.1) is 0 Å². The Labute approximate surface area is 69.6 Å². The van der Waals surface area contributed by atoms with Gasteiger partial charge in [0, 0.05) is 0 Å². The van der Waals surface area contributed by atoms with E-state index in [1.54, 1.807) is 0 Å². The number of nitriles is 1. The minimum absolute atomic E-state index is 0.490. The third-order valence-corrected chi connectivity index (χ3v) is 1.78. The summed E-state index contributed by atoms with van der Waals surface area (Å²) in [6, 6.07) is 2.05. The maximum Gasteiger partial charge on any atom is 0.243 e. The fourth-order valence-electron chi connectivity index (χ4n) is 0.543. The van der Waals surface area contributed by atoms with Crippen LogP contribution in [0.3, 0.4) is 0 Å². The molecule has 11 heavy (non-hydrogen) atoms. The van der Waals surface area contributed by atoms with Crippen LogP contribution in [0.5, 0.6) is 0 Å². The van der Waals surface area contributed by atoms with Gasteiger partial charge in [0.2, 0.25) is 8.32 Å². The van der Waals surface area contributed by atoms with E-state index in [0.29, 0.717) is 5.76 Å². The van der Waals surface area contributed by atoms with Crippen molar-refractivity contribution in [3.8, 4) is 6.07 Å². The van der Waals surface area contributed by atoms with E-state index in [9.17, 15) is 0 Å². The highest BCUT2D eigenvalue weighted by Crippen LogP contribution is 2.12. The molecule has 0 N–H and O–H groups in total. The molecule has 0 heterocycles. The highest BCUT2D eigenvalue weighted by atomic mass is 28.4. The molecule has 0 unspecified atom stereocenters. The van der Waals surface area contributed by atoms with E-state index in [-0.39, 0.29) is 0 Å². The molecule has 0 rings (SSSR count). The van der Waals surface area contributed by atoms with Gasteiger partial charge in [-0.25, -0.2) is 0 Å². The first kappa shape index (κ1) is 10.2. The molecule has 0 aromatic heterocycles. The predicted molar refractivity (Wildman–Crippen MR) is 48.4 cm³/mol. The number of nitrogens with zero attached hydrogens (tertiary/aromatic N) is 1. The molecule has 0 radical (unpaired) electrons. The van der Waals surface area contributed by atoms with Crippen LogP contribution in [0.25, 0.3) is 0 Å². The number of rotatable bonds is 2. The first-order chi connectivity index (χ1) is 4.87. The Bertz CT molecular complexity index is 203. The van der Waals surface area contributed by atoms with Crippen LogP contribution in [0.15, 0.2) is 11.3 Å². The second kappa shape index (κ2) is 3.58. The first-order valence-corrected chi connectivity index (χ1v) is 7.04. The summed E-state index contributed by atoms with van der Waals surface area (Å²) in [6.07, 6.45) is 0. The Balaban J connectivity index is 4.39. The average Bonchev–Trinajstić information content (AvgIpc) is 1.80. The van der Waals surface area contributed by atoms with Gasteiger partial charge in [0.1, 0.15) is 6.07 Å². The monoisotopic (exact) mass is 169 g/mol. The Morgan fingerprint density at radius 1 is 1.27 bits per heavy atom. The van der Waals surface area contributed by atoms with E-state index < -0.39 is 8.32 Å². The lowest BCUT2D eigenvalue weighted by molar-refractivity contribution is 0.439. The van der Waals surface area contributed by atoms with Gasteiger partial charge in [-0.1, -0.05) is 0 Å². The van der Waals surface area contributed by atoms with Crippen LogP contribution in [0.4, 0.5) is 0 Å². The summed E-state index contributed by atoms with van der Waals surface area (Å²) in [5.41, 5.74) is 0.954. The topological polar surface area (TPSA) is 33.0 Å². The standard InChI is InChI=1S/C8H15NOSi/c1-7(2)8(6-9)10-11(3,4)5/h1-5H3. The Morgan fingerprint density at radius 2 is 1.73 bits per heavy atom. The summed E-state index contributed by atoms with van der Waals surface area (Å²) in [4.78, 5) is 0. The van der Waals surface area contributed by atoms with Crippen molar-refractivity contribution in [2.45, 2.75) is 33.5 Å². The lowest BCUT2D eigenvalue weighted by atomic mass is 10.3. The van der Waals surface area contributed by atoms with Crippen molar-refractivity contribution < 1.29 is 4.43 Å². The lowest BCUT2D eigenvalue weighted by Crippen LogP contribution is -2.24. The predicted octanol–water partition coefficient (Wildman–Crippen LogP) is 2.66. The molecule has 0 aromatic carbocycles. The van der Waals surface area contributed by atoms with Gasteiger partial charge in [0.25, 0.3) is 0 Å². The zero-order valence-electron chi connectivity index (χ0n) is 7.86. The van der Waals surface area contributed by atoms with E-state index in [2.05, 4.69) is 25.7 Å². The molecular formula is C8H15NOSi. The second-order valence-corrected chi connectivity index (χ2v) is 8.08. The van der Waals surface area contributed by atoms with E-state index >= 15 is 0 Å². The van der Waals surface area contributed by atoms with Crippen molar-refractivity contribution in [2.75, 3.05) is 0 Å². The highest BCUT2D eigenvalue weighted by molar-refractivity contribution is 6.70. The van der Waals surface area contributed by atoms with Gasteiger partial charge in [-0.05, 0) is 39.1 Å². The van der Waals surface area contributed by atoms with E-state index in [1.165, 1.54) is 0 Å². The van der Waals surface area contributed by atoms with Crippen LogP contribution in [-0.2, 0) is 4.43 Å². The highest BCUT2D eigenvalue weighted by Gasteiger charge is 2.17. The molecule has 2 nitrogen and oxygen atoms in total.